The van der Waals surface area contributed by atoms with Gasteiger partial charge in [-0.05, 0) is 18.2 Å². The zero-order valence-corrected chi connectivity index (χ0v) is 9.47. The molecule has 7 nitrogen and oxygen atoms in total. The van der Waals surface area contributed by atoms with Gasteiger partial charge >= 0.3 is 5.76 Å². The lowest BCUT2D eigenvalue weighted by Gasteiger charge is -2.01. The number of hydrogen-bond acceptors (Lipinski definition) is 6. The SMILES string of the molecule is CNc1cnnc(-c2ccc3[nH]c(=O)oc3c2)n1. The summed E-state index contributed by atoms with van der Waals surface area (Å²) in [7, 11) is 1.75. The Bertz CT molecular complexity index is 761. The van der Waals surface area contributed by atoms with E-state index in [1.807, 2.05) is 0 Å². The van der Waals surface area contributed by atoms with Crippen LogP contribution in [-0.4, -0.2) is 27.2 Å². The Hall–Kier alpha value is -2.70. The third kappa shape index (κ3) is 1.71. The van der Waals surface area contributed by atoms with E-state index in [0.717, 1.165) is 5.56 Å². The monoisotopic (exact) mass is 243 g/mol. The summed E-state index contributed by atoms with van der Waals surface area (Å²) in [6, 6.07) is 5.24. The number of rotatable bonds is 2. The topological polar surface area (TPSA) is 96.7 Å². The van der Waals surface area contributed by atoms with E-state index < -0.39 is 5.76 Å². The second-order valence-electron chi connectivity index (χ2n) is 3.64. The number of H-pyrrole nitrogens is 1. The molecular formula is C11H9N5O2. The molecule has 0 amide bonds. The van der Waals surface area contributed by atoms with Crippen molar-refractivity contribution < 1.29 is 4.42 Å². The van der Waals surface area contributed by atoms with Crippen LogP contribution in [0.15, 0.2) is 33.6 Å². The summed E-state index contributed by atoms with van der Waals surface area (Å²) in [5, 5.41) is 10.7. The third-order valence-corrected chi connectivity index (χ3v) is 2.49. The lowest BCUT2D eigenvalue weighted by Crippen LogP contribution is -1.98. The first-order chi connectivity index (χ1) is 8.76. The van der Waals surface area contributed by atoms with Crippen LogP contribution in [-0.2, 0) is 0 Å². The molecule has 3 rings (SSSR count). The van der Waals surface area contributed by atoms with Crippen LogP contribution in [0.25, 0.3) is 22.5 Å². The van der Waals surface area contributed by atoms with E-state index in [-0.39, 0.29) is 0 Å². The van der Waals surface area contributed by atoms with E-state index in [0.29, 0.717) is 22.7 Å². The maximum Gasteiger partial charge on any atom is 0.417 e. The lowest BCUT2D eigenvalue weighted by molar-refractivity contribution is 0.555. The Morgan fingerprint density at radius 2 is 2.28 bits per heavy atom. The fourth-order valence-electron chi connectivity index (χ4n) is 1.63. The molecule has 0 aliphatic heterocycles. The van der Waals surface area contributed by atoms with E-state index in [1.54, 1.807) is 25.2 Å². The molecule has 0 saturated heterocycles. The summed E-state index contributed by atoms with van der Waals surface area (Å²) in [5.74, 6) is 0.605. The number of hydrogen-bond donors (Lipinski definition) is 2. The Kier molecular flexibility index (Phi) is 2.30. The third-order valence-electron chi connectivity index (χ3n) is 2.49. The van der Waals surface area contributed by atoms with Crippen LogP contribution in [0, 0.1) is 0 Å². The quantitative estimate of drug-likeness (QED) is 0.697. The van der Waals surface area contributed by atoms with Crippen molar-refractivity contribution in [1.29, 1.82) is 0 Å². The van der Waals surface area contributed by atoms with Gasteiger partial charge in [0.25, 0.3) is 0 Å². The molecule has 2 heterocycles. The zero-order chi connectivity index (χ0) is 12.5. The smallest absolute Gasteiger partial charge is 0.408 e. The van der Waals surface area contributed by atoms with Gasteiger partial charge in [-0.3, -0.25) is 4.98 Å². The normalized spacial score (nSPS) is 10.7. The maximum atomic E-state index is 11.1. The highest BCUT2D eigenvalue weighted by Crippen LogP contribution is 2.20. The predicted octanol–water partition coefficient (Wildman–Crippen LogP) is 1.01. The number of benzene rings is 1. The van der Waals surface area contributed by atoms with Crippen molar-refractivity contribution in [3.63, 3.8) is 0 Å². The molecular weight excluding hydrogens is 234 g/mol. The number of oxazole rings is 1. The Balaban J connectivity index is 2.15. The lowest BCUT2D eigenvalue weighted by atomic mass is 10.2. The molecule has 90 valence electrons. The molecule has 0 unspecified atom stereocenters. The maximum absolute atomic E-state index is 11.1. The van der Waals surface area contributed by atoms with E-state index in [9.17, 15) is 4.79 Å². The Morgan fingerprint density at radius 3 is 3.11 bits per heavy atom. The highest BCUT2D eigenvalue weighted by atomic mass is 16.4. The van der Waals surface area contributed by atoms with Crippen LogP contribution in [0.5, 0.6) is 0 Å². The van der Waals surface area contributed by atoms with Crippen molar-refractivity contribution in [3.05, 3.63) is 34.9 Å². The predicted molar refractivity (Wildman–Crippen MR) is 65.2 cm³/mol. The van der Waals surface area contributed by atoms with Gasteiger partial charge in [-0.2, -0.15) is 5.10 Å². The minimum atomic E-state index is -0.481. The highest BCUT2D eigenvalue weighted by molar-refractivity contribution is 5.78. The molecule has 3 aromatic rings. The van der Waals surface area contributed by atoms with Crippen LogP contribution in [0.1, 0.15) is 0 Å². The first kappa shape index (κ1) is 10.5. The van der Waals surface area contributed by atoms with Crippen molar-refractivity contribution in [2.75, 3.05) is 12.4 Å². The van der Waals surface area contributed by atoms with Gasteiger partial charge in [-0.25, -0.2) is 9.78 Å². The van der Waals surface area contributed by atoms with Gasteiger partial charge in [0.1, 0.15) is 5.82 Å². The number of aromatic amines is 1. The summed E-state index contributed by atoms with van der Waals surface area (Å²) in [4.78, 5) is 17.9. The van der Waals surface area contributed by atoms with Gasteiger partial charge in [-0.15, -0.1) is 5.10 Å². The first-order valence-corrected chi connectivity index (χ1v) is 5.27. The van der Waals surface area contributed by atoms with Gasteiger partial charge in [0.05, 0.1) is 11.7 Å². The van der Waals surface area contributed by atoms with Crippen molar-refractivity contribution in [2.45, 2.75) is 0 Å². The Labute approximate surface area is 101 Å². The largest absolute Gasteiger partial charge is 0.417 e. The zero-order valence-electron chi connectivity index (χ0n) is 9.47. The second-order valence-corrected chi connectivity index (χ2v) is 3.64. The van der Waals surface area contributed by atoms with Gasteiger partial charge < -0.3 is 9.73 Å². The van der Waals surface area contributed by atoms with Gasteiger partial charge in [0, 0.05) is 12.6 Å². The van der Waals surface area contributed by atoms with Crippen LogP contribution < -0.4 is 11.1 Å². The van der Waals surface area contributed by atoms with Crippen LogP contribution >= 0.6 is 0 Å². The number of nitrogens with one attached hydrogen (secondary N) is 2. The van der Waals surface area contributed by atoms with Gasteiger partial charge in [-0.1, -0.05) is 0 Å². The number of anilines is 1. The van der Waals surface area contributed by atoms with Crippen LogP contribution in [0.3, 0.4) is 0 Å². The summed E-state index contributed by atoms with van der Waals surface area (Å²) in [6.45, 7) is 0. The number of aromatic nitrogens is 4. The van der Waals surface area contributed by atoms with Crippen molar-refractivity contribution in [3.8, 4) is 11.4 Å². The molecule has 2 N–H and O–H groups in total. The average molecular weight is 243 g/mol. The van der Waals surface area contributed by atoms with Gasteiger partial charge in [0.2, 0.25) is 0 Å². The van der Waals surface area contributed by atoms with Gasteiger partial charge in [0.15, 0.2) is 11.4 Å². The molecule has 0 spiro atoms. The van der Waals surface area contributed by atoms with E-state index >= 15 is 0 Å². The summed E-state index contributed by atoms with van der Waals surface area (Å²) < 4.78 is 4.98. The molecule has 0 fully saturated rings. The van der Waals surface area contributed by atoms with E-state index in [2.05, 4.69) is 25.5 Å². The minimum absolute atomic E-state index is 0.465. The minimum Gasteiger partial charge on any atom is -0.408 e. The van der Waals surface area contributed by atoms with E-state index in [4.69, 9.17) is 4.42 Å². The molecule has 0 atom stereocenters. The standard InChI is InChI=1S/C11H9N5O2/c1-12-9-5-13-16-10(15-9)6-2-3-7-8(4-6)18-11(17)14-7/h2-5H,1H3,(H,14,17)(H,12,15,16). The molecule has 18 heavy (non-hydrogen) atoms. The number of nitrogens with zero attached hydrogens (tertiary/aromatic N) is 3. The molecule has 2 aromatic heterocycles. The fourth-order valence-corrected chi connectivity index (χ4v) is 1.63. The second kappa shape index (κ2) is 3.95. The van der Waals surface area contributed by atoms with E-state index in [1.165, 1.54) is 6.20 Å². The molecule has 7 heteroatoms. The summed E-state index contributed by atoms with van der Waals surface area (Å²) in [6.07, 6.45) is 1.53. The summed E-state index contributed by atoms with van der Waals surface area (Å²) in [5.41, 5.74) is 1.84. The average Bonchev–Trinajstić information content (AvgIpc) is 2.77. The van der Waals surface area contributed by atoms with Crippen LogP contribution in [0.4, 0.5) is 5.82 Å². The molecule has 1 aromatic carbocycles. The molecule has 0 radical (unpaired) electrons. The fraction of sp³-hybridized carbons (Fsp3) is 0.0909. The molecule has 0 aliphatic carbocycles. The highest BCUT2D eigenvalue weighted by Gasteiger charge is 2.07. The summed E-state index contributed by atoms with van der Waals surface area (Å²) >= 11 is 0. The molecule has 0 bridgehead atoms. The van der Waals surface area contributed by atoms with Crippen molar-refractivity contribution >= 4 is 16.9 Å². The first-order valence-electron chi connectivity index (χ1n) is 5.27. The molecule has 0 aliphatic rings. The van der Waals surface area contributed by atoms with Crippen molar-refractivity contribution in [1.82, 2.24) is 20.2 Å². The number of fused-ring (bicyclic) bond motifs is 1. The molecule has 0 saturated carbocycles. The van der Waals surface area contributed by atoms with Crippen LogP contribution in [0.2, 0.25) is 0 Å². The van der Waals surface area contributed by atoms with Crippen molar-refractivity contribution in [2.24, 2.45) is 0 Å². The Morgan fingerprint density at radius 1 is 1.39 bits per heavy atom.